The number of carbonyl (C=O) groups excluding carboxylic acids is 2. The predicted molar refractivity (Wildman–Crippen MR) is 137 cm³/mol. The van der Waals surface area contributed by atoms with Gasteiger partial charge >= 0.3 is 0 Å². The van der Waals surface area contributed by atoms with Crippen LogP contribution in [-0.2, 0) is 4.79 Å². The maximum absolute atomic E-state index is 13.4. The van der Waals surface area contributed by atoms with Gasteiger partial charge in [-0.1, -0.05) is 37.0 Å². The number of benzene rings is 1. The molecule has 0 radical (unpaired) electrons. The Kier molecular flexibility index (Phi) is 9.01. The first-order valence-corrected chi connectivity index (χ1v) is 13.6. The standard InChI is InChI=1S/C28H44N4O2/c1-22-9-7-13-25(21-22)28(34)32-19-17-31(18-20-32)26(24-11-3-4-12-24)27(33)29-14-8-16-30-15-6-5-10-23(30)2/h7,9,13,21,23-24,26H,3-6,8,10-12,14-20H2,1-2H3,(H,29,33)/t23-,26-/m0/s1. The number of amides is 2. The average Bonchev–Trinajstić information content (AvgIpc) is 3.37. The highest BCUT2D eigenvalue weighted by atomic mass is 16.2. The topological polar surface area (TPSA) is 55.9 Å². The van der Waals surface area contributed by atoms with Crippen LogP contribution in [0.3, 0.4) is 0 Å². The molecule has 2 aliphatic heterocycles. The minimum Gasteiger partial charge on any atom is -0.355 e. The van der Waals surface area contributed by atoms with Gasteiger partial charge < -0.3 is 15.1 Å². The lowest BCUT2D eigenvalue weighted by Crippen LogP contribution is -2.58. The Bertz CT molecular complexity index is 814. The molecule has 34 heavy (non-hydrogen) atoms. The summed E-state index contributed by atoms with van der Waals surface area (Å²) in [6.45, 7) is 10.3. The fraction of sp³-hybridized carbons (Fsp3) is 0.714. The van der Waals surface area contributed by atoms with Gasteiger partial charge in [0.1, 0.15) is 0 Å². The predicted octanol–water partition coefficient (Wildman–Crippen LogP) is 3.69. The third kappa shape index (κ3) is 6.39. The summed E-state index contributed by atoms with van der Waals surface area (Å²) in [6.07, 6.45) is 9.72. The van der Waals surface area contributed by atoms with Crippen LogP contribution in [-0.4, -0.2) is 84.4 Å². The highest BCUT2D eigenvalue weighted by Crippen LogP contribution is 2.31. The second-order valence-electron chi connectivity index (χ2n) is 10.7. The van der Waals surface area contributed by atoms with Gasteiger partial charge in [-0.3, -0.25) is 14.5 Å². The molecular formula is C28H44N4O2. The van der Waals surface area contributed by atoms with Crippen LogP contribution in [0.4, 0.5) is 0 Å². The van der Waals surface area contributed by atoms with Crippen LogP contribution in [0.15, 0.2) is 24.3 Å². The zero-order chi connectivity index (χ0) is 23.9. The molecule has 6 nitrogen and oxygen atoms in total. The van der Waals surface area contributed by atoms with Crippen molar-refractivity contribution in [3.8, 4) is 0 Å². The molecule has 0 unspecified atom stereocenters. The van der Waals surface area contributed by atoms with Gasteiger partial charge in [-0.25, -0.2) is 0 Å². The van der Waals surface area contributed by atoms with Crippen LogP contribution in [0.1, 0.15) is 74.2 Å². The van der Waals surface area contributed by atoms with Crippen molar-refractivity contribution in [3.63, 3.8) is 0 Å². The summed E-state index contributed by atoms with van der Waals surface area (Å²) in [5.74, 6) is 0.760. The van der Waals surface area contributed by atoms with E-state index in [2.05, 4.69) is 22.0 Å². The average molecular weight is 469 g/mol. The summed E-state index contributed by atoms with van der Waals surface area (Å²) < 4.78 is 0. The zero-order valence-corrected chi connectivity index (χ0v) is 21.3. The van der Waals surface area contributed by atoms with E-state index in [0.29, 0.717) is 25.0 Å². The van der Waals surface area contributed by atoms with Gasteiger partial charge in [0.25, 0.3) is 5.91 Å². The van der Waals surface area contributed by atoms with Crippen LogP contribution in [0.5, 0.6) is 0 Å². The van der Waals surface area contributed by atoms with Gasteiger partial charge in [0.2, 0.25) is 5.91 Å². The minimum absolute atomic E-state index is 0.0485. The van der Waals surface area contributed by atoms with Gasteiger partial charge in [0.05, 0.1) is 6.04 Å². The Morgan fingerprint density at radius 3 is 2.44 bits per heavy atom. The van der Waals surface area contributed by atoms with E-state index >= 15 is 0 Å². The van der Waals surface area contributed by atoms with E-state index in [1.807, 2.05) is 36.1 Å². The molecule has 2 heterocycles. The van der Waals surface area contributed by atoms with Crippen molar-refractivity contribution in [2.75, 3.05) is 45.8 Å². The lowest BCUT2D eigenvalue weighted by molar-refractivity contribution is -0.129. The van der Waals surface area contributed by atoms with Gasteiger partial charge in [-0.2, -0.15) is 0 Å². The second kappa shape index (κ2) is 12.2. The number of piperazine rings is 1. The monoisotopic (exact) mass is 468 g/mol. The van der Waals surface area contributed by atoms with Crippen LogP contribution >= 0.6 is 0 Å². The Morgan fingerprint density at radius 2 is 1.74 bits per heavy atom. The van der Waals surface area contributed by atoms with Crippen molar-refractivity contribution < 1.29 is 9.59 Å². The third-order valence-corrected chi connectivity index (χ3v) is 8.24. The van der Waals surface area contributed by atoms with Crippen molar-refractivity contribution in [2.45, 2.75) is 77.3 Å². The molecule has 0 spiro atoms. The lowest BCUT2D eigenvalue weighted by atomic mass is 9.95. The molecule has 3 aliphatic rings. The first-order valence-electron chi connectivity index (χ1n) is 13.6. The highest BCUT2D eigenvalue weighted by molar-refractivity contribution is 5.94. The quantitative estimate of drug-likeness (QED) is 0.591. The van der Waals surface area contributed by atoms with Crippen molar-refractivity contribution in [1.82, 2.24) is 20.0 Å². The molecule has 1 aliphatic carbocycles. The third-order valence-electron chi connectivity index (χ3n) is 8.24. The molecule has 2 saturated heterocycles. The molecule has 2 amide bonds. The minimum atomic E-state index is -0.0485. The van der Waals surface area contributed by atoms with Crippen molar-refractivity contribution in [1.29, 1.82) is 0 Å². The first-order chi connectivity index (χ1) is 16.5. The zero-order valence-electron chi connectivity index (χ0n) is 21.3. The molecular weight excluding hydrogens is 424 g/mol. The summed E-state index contributed by atoms with van der Waals surface area (Å²) >= 11 is 0. The number of nitrogens with one attached hydrogen (secondary N) is 1. The molecule has 0 aromatic heterocycles. The van der Waals surface area contributed by atoms with Gasteiger partial charge in [-0.15, -0.1) is 0 Å². The van der Waals surface area contributed by atoms with Crippen LogP contribution in [0.2, 0.25) is 0 Å². The maximum Gasteiger partial charge on any atom is 0.253 e. The van der Waals surface area contributed by atoms with E-state index in [0.717, 1.165) is 56.6 Å². The molecule has 1 saturated carbocycles. The fourth-order valence-corrected chi connectivity index (χ4v) is 6.20. The number of hydrogen-bond acceptors (Lipinski definition) is 4. The molecule has 1 aromatic rings. The largest absolute Gasteiger partial charge is 0.355 e. The number of carbonyl (C=O) groups is 2. The van der Waals surface area contributed by atoms with E-state index < -0.39 is 0 Å². The summed E-state index contributed by atoms with van der Waals surface area (Å²) in [4.78, 5) is 33.2. The highest BCUT2D eigenvalue weighted by Gasteiger charge is 2.37. The summed E-state index contributed by atoms with van der Waals surface area (Å²) in [7, 11) is 0. The SMILES string of the molecule is Cc1cccc(C(=O)N2CCN([C@H](C(=O)NCCCN3CCCC[C@@H]3C)C3CCCC3)CC2)c1. The smallest absolute Gasteiger partial charge is 0.253 e. The molecule has 188 valence electrons. The molecule has 1 N–H and O–H groups in total. The van der Waals surface area contributed by atoms with E-state index in [4.69, 9.17) is 0 Å². The molecule has 6 heteroatoms. The van der Waals surface area contributed by atoms with Crippen molar-refractivity contribution in [3.05, 3.63) is 35.4 Å². The van der Waals surface area contributed by atoms with E-state index in [9.17, 15) is 9.59 Å². The van der Waals surface area contributed by atoms with Crippen molar-refractivity contribution in [2.24, 2.45) is 5.92 Å². The van der Waals surface area contributed by atoms with Gasteiger partial charge in [0.15, 0.2) is 0 Å². The lowest BCUT2D eigenvalue weighted by Gasteiger charge is -2.41. The molecule has 3 fully saturated rings. The molecule has 0 bridgehead atoms. The van der Waals surface area contributed by atoms with Gasteiger partial charge in [0, 0.05) is 50.9 Å². The molecule has 4 rings (SSSR count). The van der Waals surface area contributed by atoms with Crippen molar-refractivity contribution >= 4 is 11.8 Å². The second-order valence-corrected chi connectivity index (χ2v) is 10.7. The van der Waals surface area contributed by atoms with Crippen LogP contribution in [0, 0.1) is 12.8 Å². The van der Waals surface area contributed by atoms with Gasteiger partial charge in [-0.05, 0) is 70.5 Å². The van der Waals surface area contributed by atoms with E-state index in [1.54, 1.807) is 0 Å². The molecule has 2 atom stereocenters. The number of likely N-dealkylation sites (tertiary alicyclic amines) is 1. The molecule has 1 aromatic carbocycles. The van der Waals surface area contributed by atoms with Crippen LogP contribution in [0.25, 0.3) is 0 Å². The summed E-state index contributed by atoms with van der Waals surface area (Å²) in [5, 5.41) is 3.29. The van der Waals surface area contributed by atoms with Crippen LogP contribution < -0.4 is 5.32 Å². The van der Waals surface area contributed by atoms with E-state index in [-0.39, 0.29) is 17.9 Å². The normalized spacial score (nSPS) is 23.7. The Labute approximate surface area is 206 Å². The summed E-state index contributed by atoms with van der Waals surface area (Å²) in [6, 6.07) is 8.47. The number of hydrogen-bond donors (Lipinski definition) is 1. The fourth-order valence-electron chi connectivity index (χ4n) is 6.20. The van der Waals surface area contributed by atoms with E-state index in [1.165, 1.54) is 38.6 Å². The Hall–Kier alpha value is -1.92. The summed E-state index contributed by atoms with van der Waals surface area (Å²) in [5.41, 5.74) is 1.87. The first kappa shape index (κ1) is 25.2. The number of piperidine rings is 1. The Balaban J connectivity index is 1.29. The number of rotatable bonds is 8. The maximum atomic E-state index is 13.4. The number of nitrogens with zero attached hydrogens (tertiary/aromatic N) is 3. The number of aryl methyl sites for hydroxylation is 1. The Morgan fingerprint density at radius 1 is 1.00 bits per heavy atom.